The normalized spacial score (nSPS) is 10.8. The van der Waals surface area contributed by atoms with Gasteiger partial charge in [0.05, 0.1) is 17.3 Å². The van der Waals surface area contributed by atoms with Crippen molar-refractivity contribution >= 4 is 35.3 Å². The number of thioether (sulfide) groups is 1. The van der Waals surface area contributed by atoms with Crippen molar-refractivity contribution < 1.29 is 5.11 Å². The first-order chi connectivity index (χ1) is 12.7. The standard InChI is InChI=1S/C21H15ClN2OS/c22-18-9-10-20(25)17(11-18)13-24-19-3-1-2-4-21(19)26-14-16-7-5-15(12-23)6-8-16/h1-11,13,25H,14H2. The average molecular weight is 379 g/mol. The summed E-state index contributed by atoms with van der Waals surface area (Å²) in [5, 5.41) is 19.3. The Kier molecular flexibility index (Phi) is 5.96. The monoisotopic (exact) mass is 378 g/mol. The number of benzene rings is 3. The Balaban J connectivity index is 1.76. The van der Waals surface area contributed by atoms with Crippen molar-refractivity contribution in [2.45, 2.75) is 10.6 Å². The number of rotatable bonds is 5. The largest absolute Gasteiger partial charge is 0.507 e. The molecule has 0 bridgehead atoms. The highest BCUT2D eigenvalue weighted by Crippen LogP contribution is 2.32. The van der Waals surface area contributed by atoms with E-state index in [2.05, 4.69) is 11.1 Å². The Labute approximate surface area is 161 Å². The van der Waals surface area contributed by atoms with Gasteiger partial charge in [-0.05, 0) is 48.0 Å². The summed E-state index contributed by atoms with van der Waals surface area (Å²) in [5.74, 6) is 0.918. The lowest BCUT2D eigenvalue weighted by Gasteiger charge is -2.06. The number of nitrogens with zero attached hydrogens (tertiary/aromatic N) is 2. The number of phenolic OH excluding ortho intramolecular Hbond substituents is 1. The molecule has 26 heavy (non-hydrogen) atoms. The first-order valence-electron chi connectivity index (χ1n) is 7.89. The summed E-state index contributed by atoms with van der Waals surface area (Å²) in [6.07, 6.45) is 1.61. The van der Waals surface area contributed by atoms with E-state index in [1.807, 2.05) is 48.5 Å². The lowest BCUT2D eigenvalue weighted by molar-refractivity contribution is 0.474. The third kappa shape index (κ3) is 4.66. The molecule has 0 saturated heterocycles. The molecule has 128 valence electrons. The van der Waals surface area contributed by atoms with Gasteiger partial charge in [-0.15, -0.1) is 11.8 Å². The molecule has 0 aliphatic heterocycles. The maximum atomic E-state index is 9.90. The molecule has 0 saturated carbocycles. The van der Waals surface area contributed by atoms with Crippen LogP contribution < -0.4 is 0 Å². The highest BCUT2D eigenvalue weighted by atomic mass is 35.5. The number of hydrogen-bond donors (Lipinski definition) is 1. The van der Waals surface area contributed by atoms with Crippen molar-refractivity contribution in [3.63, 3.8) is 0 Å². The van der Waals surface area contributed by atoms with Crippen LogP contribution in [-0.2, 0) is 5.75 Å². The Hall–Kier alpha value is -2.74. The summed E-state index contributed by atoms with van der Waals surface area (Å²) < 4.78 is 0. The van der Waals surface area contributed by atoms with Crippen LogP contribution in [0.25, 0.3) is 0 Å². The summed E-state index contributed by atoms with van der Waals surface area (Å²) in [6, 6.07) is 22.4. The smallest absolute Gasteiger partial charge is 0.124 e. The van der Waals surface area contributed by atoms with Gasteiger partial charge in [0.2, 0.25) is 0 Å². The molecule has 0 radical (unpaired) electrons. The van der Waals surface area contributed by atoms with Gasteiger partial charge in [-0.3, -0.25) is 4.99 Å². The molecular weight excluding hydrogens is 364 g/mol. The molecule has 0 aliphatic rings. The third-order valence-electron chi connectivity index (χ3n) is 3.67. The van der Waals surface area contributed by atoms with Crippen molar-refractivity contribution in [1.82, 2.24) is 0 Å². The fourth-order valence-electron chi connectivity index (χ4n) is 2.29. The van der Waals surface area contributed by atoms with E-state index in [0.717, 1.165) is 21.9 Å². The molecule has 0 amide bonds. The van der Waals surface area contributed by atoms with E-state index in [9.17, 15) is 5.11 Å². The van der Waals surface area contributed by atoms with Crippen molar-refractivity contribution in [1.29, 1.82) is 5.26 Å². The minimum Gasteiger partial charge on any atom is -0.507 e. The summed E-state index contributed by atoms with van der Waals surface area (Å²) in [4.78, 5) is 5.55. The van der Waals surface area contributed by atoms with Gasteiger partial charge in [-0.2, -0.15) is 5.26 Å². The van der Waals surface area contributed by atoms with Gasteiger partial charge in [0, 0.05) is 27.4 Å². The van der Waals surface area contributed by atoms with Crippen LogP contribution in [0.2, 0.25) is 5.02 Å². The molecule has 0 atom stereocenters. The molecule has 0 spiro atoms. The van der Waals surface area contributed by atoms with Gasteiger partial charge >= 0.3 is 0 Å². The Morgan fingerprint density at radius 1 is 1.08 bits per heavy atom. The maximum absolute atomic E-state index is 9.90. The molecule has 3 rings (SSSR count). The molecule has 5 heteroatoms. The van der Waals surface area contributed by atoms with E-state index in [1.54, 1.807) is 36.2 Å². The fraction of sp³-hybridized carbons (Fsp3) is 0.0476. The van der Waals surface area contributed by atoms with E-state index in [1.165, 1.54) is 0 Å². The molecule has 0 heterocycles. The van der Waals surface area contributed by atoms with Gasteiger partial charge in [0.15, 0.2) is 0 Å². The van der Waals surface area contributed by atoms with Gasteiger partial charge in [-0.25, -0.2) is 0 Å². The molecule has 0 unspecified atom stereocenters. The minimum absolute atomic E-state index is 0.140. The Morgan fingerprint density at radius 3 is 2.62 bits per heavy atom. The maximum Gasteiger partial charge on any atom is 0.124 e. The average Bonchev–Trinajstić information content (AvgIpc) is 2.68. The molecule has 0 fully saturated rings. The highest BCUT2D eigenvalue weighted by Gasteiger charge is 2.04. The van der Waals surface area contributed by atoms with Gasteiger partial charge < -0.3 is 5.11 Å². The highest BCUT2D eigenvalue weighted by molar-refractivity contribution is 7.98. The number of phenols is 1. The summed E-state index contributed by atoms with van der Waals surface area (Å²) in [7, 11) is 0. The second-order valence-electron chi connectivity index (χ2n) is 5.53. The lowest BCUT2D eigenvalue weighted by atomic mass is 10.2. The van der Waals surface area contributed by atoms with Crippen molar-refractivity contribution in [2.24, 2.45) is 4.99 Å². The zero-order valence-corrected chi connectivity index (χ0v) is 15.3. The number of para-hydroxylation sites is 1. The van der Waals surface area contributed by atoms with Crippen LogP contribution in [0.1, 0.15) is 16.7 Å². The molecule has 3 nitrogen and oxygen atoms in total. The SMILES string of the molecule is N#Cc1ccc(CSc2ccccc2N=Cc2cc(Cl)ccc2O)cc1. The van der Waals surface area contributed by atoms with E-state index < -0.39 is 0 Å². The van der Waals surface area contributed by atoms with Gasteiger partial charge in [0.1, 0.15) is 5.75 Å². The van der Waals surface area contributed by atoms with Crippen LogP contribution in [0.5, 0.6) is 5.75 Å². The first kappa shape index (κ1) is 18.1. The van der Waals surface area contributed by atoms with Crippen LogP contribution in [0.15, 0.2) is 76.6 Å². The van der Waals surface area contributed by atoms with E-state index in [0.29, 0.717) is 16.1 Å². The number of nitriles is 1. The van der Waals surface area contributed by atoms with Gasteiger partial charge in [0.25, 0.3) is 0 Å². The minimum atomic E-state index is 0.140. The van der Waals surface area contributed by atoms with E-state index >= 15 is 0 Å². The molecule has 0 aromatic heterocycles. The number of hydrogen-bond acceptors (Lipinski definition) is 4. The molecular formula is C21H15ClN2OS. The quantitative estimate of drug-likeness (QED) is 0.440. The van der Waals surface area contributed by atoms with Crippen LogP contribution in [0, 0.1) is 11.3 Å². The summed E-state index contributed by atoms with van der Waals surface area (Å²) in [6.45, 7) is 0. The number of halogens is 1. The Morgan fingerprint density at radius 2 is 1.85 bits per heavy atom. The summed E-state index contributed by atoms with van der Waals surface area (Å²) >= 11 is 7.64. The second kappa shape index (κ2) is 8.57. The first-order valence-corrected chi connectivity index (χ1v) is 9.25. The predicted molar refractivity (Wildman–Crippen MR) is 108 cm³/mol. The van der Waals surface area contributed by atoms with E-state index in [4.69, 9.17) is 16.9 Å². The summed E-state index contributed by atoms with van der Waals surface area (Å²) in [5.41, 5.74) is 3.19. The van der Waals surface area contributed by atoms with Crippen LogP contribution in [0.4, 0.5) is 5.69 Å². The van der Waals surface area contributed by atoms with Crippen molar-refractivity contribution in [3.05, 3.63) is 88.4 Å². The van der Waals surface area contributed by atoms with E-state index in [-0.39, 0.29) is 5.75 Å². The fourth-order valence-corrected chi connectivity index (χ4v) is 3.43. The van der Waals surface area contributed by atoms with Crippen LogP contribution in [-0.4, -0.2) is 11.3 Å². The molecule has 0 aliphatic carbocycles. The van der Waals surface area contributed by atoms with Crippen molar-refractivity contribution in [2.75, 3.05) is 0 Å². The second-order valence-corrected chi connectivity index (χ2v) is 6.98. The van der Waals surface area contributed by atoms with Crippen LogP contribution in [0.3, 0.4) is 0 Å². The lowest BCUT2D eigenvalue weighted by Crippen LogP contribution is -1.84. The molecule has 3 aromatic carbocycles. The predicted octanol–water partition coefficient (Wildman–Crippen LogP) is 5.96. The molecule has 3 aromatic rings. The zero-order valence-electron chi connectivity index (χ0n) is 13.8. The van der Waals surface area contributed by atoms with Crippen LogP contribution >= 0.6 is 23.4 Å². The van der Waals surface area contributed by atoms with Crippen molar-refractivity contribution in [3.8, 4) is 11.8 Å². The zero-order chi connectivity index (χ0) is 18.4. The third-order valence-corrected chi connectivity index (χ3v) is 5.04. The number of aromatic hydroxyl groups is 1. The number of aliphatic imine (C=N–C) groups is 1. The Bertz CT molecular complexity index is 978. The molecule has 1 N–H and O–H groups in total. The van der Waals surface area contributed by atoms with Gasteiger partial charge in [-0.1, -0.05) is 35.9 Å². The topological polar surface area (TPSA) is 56.4 Å².